The predicted molar refractivity (Wildman–Crippen MR) is 128 cm³/mol. The number of aryl methyl sites for hydroxylation is 2. The van der Waals surface area contributed by atoms with Crippen molar-refractivity contribution in [2.75, 3.05) is 13.1 Å². The molecule has 4 aliphatic carbocycles. The molecule has 7 nitrogen and oxygen atoms in total. The average Bonchev–Trinajstić information content (AvgIpc) is 3.06. The van der Waals surface area contributed by atoms with Gasteiger partial charge in [0.25, 0.3) is 0 Å². The number of sulfonamides is 1. The van der Waals surface area contributed by atoms with Gasteiger partial charge in [0.2, 0.25) is 15.9 Å². The van der Waals surface area contributed by atoms with Crippen molar-refractivity contribution >= 4 is 27.0 Å². The minimum absolute atomic E-state index is 0.0336. The Hall–Kier alpha value is -1.93. The van der Waals surface area contributed by atoms with E-state index in [9.17, 15) is 13.2 Å². The Bertz CT molecular complexity index is 1130. The first-order chi connectivity index (χ1) is 15.7. The lowest BCUT2D eigenvalue weighted by Gasteiger charge is -2.56. The molecule has 0 spiro atoms. The van der Waals surface area contributed by atoms with Crippen molar-refractivity contribution in [2.45, 2.75) is 75.6 Å². The standard InChI is InChI=1S/C25H36N4O3S/c1-4-29(5-2)33(31,32)20-6-7-22-21(13-20)26-23(28(22)3)8-9-24(30)27-25-14-17-10-18(15-25)12-19(11-17)16-25/h6-7,13,17-19H,4-5,8-12,14-16H2,1-3H3,(H,27,30). The van der Waals surface area contributed by atoms with Crippen molar-refractivity contribution < 1.29 is 13.2 Å². The molecule has 1 aromatic heterocycles. The molecule has 6 rings (SSSR count). The number of amides is 1. The van der Waals surface area contributed by atoms with E-state index in [0.717, 1.165) is 48.4 Å². The van der Waals surface area contributed by atoms with E-state index in [0.29, 0.717) is 31.4 Å². The summed E-state index contributed by atoms with van der Waals surface area (Å²) in [6, 6.07) is 5.13. The number of carbonyl (C=O) groups excluding carboxylic acids is 1. The average molecular weight is 473 g/mol. The van der Waals surface area contributed by atoms with Crippen LogP contribution >= 0.6 is 0 Å². The van der Waals surface area contributed by atoms with Crippen LogP contribution in [0.25, 0.3) is 11.0 Å². The highest BCUT2D eigenvalue weighted by Gasteiger charge is 2.51. The molecule has 0 radical (unpaired) electrons. The maximum Gasteiger partial charge on any atom is 0.243 e. The number of rotatable bonds is 8. The van der Waals surface area contributed by atoms with E-state index in [1.807, 2.05) is 31.5 Å². The lowest BCUT2D eigenvalue weighted by Crippen LogP contribution is -2.59. The lowest BCUT2D eigenvalue weighted by atomic mass is 9.53. The maximum atomic E-state index is 12.9. The molecule has 4 bridgehead atoms. The molecule has 1 heterocycles. The molecular formula is C25H36N4O3S. The van der Waals surface area contributed by atoms with Crippen LogP contribution in [0.15, 0.2) is 23.1 Å². The minimum Gasteiger partial charge on any atom is -0.351 e. The number of nitrogens with zero attached hydrogens (tertiary/aromatic N) is 3. The van der Waals surface area contributed by atoms with Crippen LogP contribution in [0.4, 0.5) is 0 Å². The fourth-order valence-corrected chi connectivity index (χ4v) is 8.65. The molecule has 2 aromatic rings. The normalized spacial score (nSPS) is 28.7. The SMILES string of the molecule is CCN(CC)S(=O)(=O)c1ccc2c(c1)nc(CCC(=O)NC13CC4CC(CC(C4)C1)C3)n2C. The molecule has 0 unspecified atom stereocenters. The first-order valence-electron chi connectivity index (χ1n) is 12.5. The van der Waals surface area contributed by atoms with Gasteiger partial charge in [-0.2, -0.15) is 4.31 Å². The second-order valence-corrected chi connectivity index (χ2v) is 12.5. The molecular weight excluding hydrogens is 436 g/mol. The molecule has 8 heteroatoms. The van der Waals surface area contributed by atoms with E-state index in [1.165, 1.54) is 23.6 Å². The largest absolute Gasteiger partial charge is 0.351 e. The third-order valence-electron chi connectivity index (χ3n) is 8.31. The van der Waals surface area contributed by atoms with Gasteiger partial charge in [-0.3, -0.25) is 4.79 Å². The van der Waals surface area contributed by atoms with E-state index < -0.39 is 10.0 Å². The van der Waals surface area contributed by atoms with Gasteiger partial charge in [0.05, 0.1) is 15.9 Å². The third-order valence-corrected chi connectivity index (χ3v) is 10.4. The van der Waals surface area contributed by atoms with Crippen molar-refractivity contribution in [2.24, 2.45) is 24.8 Å². The fraction of sp³-hybridized carbons (Fsp3) is 0.680. The monoisotopic (exact) mass is 472 g/mol. The Morgan fingerprint density at radius 2 is 1.73 bits per heavy atom. The van der Waals surface area contributed by atoms with Gasteiger partial charge >= 0.3 is 0 Å². The number of aromatic nitrogens is 2. The van der Waals surface area contributed by atoms with Gasteiger partial charge in [0, 0.05) is 38.5 Å². The first kappa shape index (κ1) is 22.8. The number of imidazole rings is 1. The van der Waals surface area contributed by atoms with Crippen LogP contribution in [-0.2, 0) is 28.3 Å². The van der Waals surface area contributed by atoms with Gasteiger partial charge in [-0.1, -0.05) is 13.8 Å². The third kappa shape index (κ3) is 4.09. The van der Waals surface area contributed by atoms with Crippen LogP contribution in [0, 0.1) is 17.8 Å². The van der Waals surface area contributed by atoms with Crippen molar-refractivity contribution in [1.29, 1.82) is 0 Å². The summed E-state index contributed by atoms with van der Waals surface area (Å²) in [5.41, 5.74) is 1.57. The number of carbonyl (C=O) groups is 1. The molecule has 33 heavy (non-hydrogen) atoms. The number of fused-ring (bicyclic) bond motifs is 1. The molecule has 4 saturated carbocycles. The molecule has 4 fully saturated rings. The van der Waals surface area contributed by atoms with Crippen molar-refractivity contribution in [3.63, 3.8) is 0 Å². The summed E-state index contributed by atoms with van der Waals surface area (Å²) in [5, 5.41) is 3.44. The van der Waals surface area contributed by atoms with Gasteiger partial charge in [-0.05, 0) is 74.5 Å². The first-order valence-corrected chi connectivity index (χ1v) is 13.9. The zero-order valence-electron chi connectivity index (χ0n) is 20.0. The fourth-order valence-electron chi connectivity index (χ4n) is 7.17. The van der Waals surface area contributed by atoms with Crippen molar-refractivity contribution in [3.8, 4) is 0 Å². The second kappa shape index (κ2) is 8.38. The summed E-state index contributed by atoms with van der Waals surface area (Å²) < 4.78 is 29.2. The summed E-state index contributed by atoms with van der Waals surface area (Å²) in [6.45, 7) is 4.55. The summed E-state index contributed by atoms with van der Waals surface area (Å²) >= 11 is 0. The minimum atomic E-state index is -3.53. The van der Waals surface area contributed by atoms with E-state index in [-0.39, 0.29) is 16.3 Å². The molecule has 0 atom stereocenters. The van der Waals surface area contributed by atoms with Crippen LogP contribution in [0.5, 0.6) is 0 Å². The van der Waals surface area contributed by atoms with Crippen LogP contribution in [-0.4, -0.2) is 46.8 Å². The van der Waals surface area contributed by atoms with Gasteiger partial charge in [0.15, 0.2) is 0 Å². The summed E-state index contributed by atoms with van der Waals surface area (Å²) in [6.07, 6.45) is 8.50. The van der Waals surface area contributed by atoms with Gasteiger partial charge < -0.3 is 9.88 Å². The van der Waals surface area contributed by atoms with Gasteiger partial charge in [-0.25, -0.2) is 13.4 Å². The summed E-state index contributed by atoms with van der Waals surface area (Å²) in [5.74, 6) is 3.34. The quantitative estimate of drug-likeness (QED) is 0.636. The topological polar surface area (TPSA) is 84.3 Å². The van der Waals surface area contributed by atoms with Crippen LogP contribution in [0.2, 0.25) is 0 Å². The van der Waals surface area contributed by atoms with Crippen LogP contribution in [0.1, 0.15) is 64.6 Å². The second-order valence-electron chi connectivity index (χ2n) is 10.6. The molecule has 180 valence electrons. The Labute approximate surface area is 197 Å². The predicted octanol–water partition coefficient (Wildman–Crippen LogP) is 3.62. The molecule has 1 aromatic carbocycles. The highest BCUT2D eigenvalue weighted by Crippen LogP contribution is 2.55. The zero-order chi connectivity index (χ0) is 23.4. The number of hydrogen-bond donors (Lipinski definition) is 1. The molecule has 1 amide bonds. The Morgan fingerprint density at radius 1 is 1.12 bits per heavy atom. The van der Waals surface area contributed by atoms with Crippen LogP contribution < -0.4 is 5.32 Å². The molecule has 0 saturated heterocycles. The summed E-state index contributed by atoms with van der Waals surface area (Å²) in [4.78, 5) is 17.9. The number of nitrogens with one attached hydrogen (secondary N) is 1. The highest BCUT2D eigenvalue weighted by atomic mass is 32.2. The van der Waals surface area contributed by atoms with Crippen LogP contribution in [0.3, 0.4) is 0 Å². The molecule has 0 aliphatic heterocycles. The van der Waals surface area contributed by atoms with Crippen molar-refractivity contribution in [3.05, 3.63) is 24.0 Å². The number of benzene rings is 1. The summed E-state index contributed by atoms with van der Waals surface area (Å²) in [7, 11) is -1.60. The highest BCUT2D eigenvalue weighted by molar-refractivity contribution is 7.89. The Kier molecular flexibility index (Phi) is 5.80. The maximum absolute atomic E-state index is 12.9. The molecule has 4 aliphatic rings. The van der Waals surface area contributed by atoms with E-state index in [1.54, 1.807) is 12.1 Å². The van der Waals surface area contributed by atoms with Gasteiger partial charge in [0.1, 0.15) is 5.82 Å². The van der Waals surface area contributed by atoms with E-state index >= 15 is 0 Å². The number of hydrogen-bond acceptors (Lipinski definition) is 4. The smallest absolute Gasteiger partial charge is 0.243 e. The van der Waals surface area contributed by atoms with Crippen molar-refractivity contribution in [1.82, 2.24) is 19.2 Å². The lowest BCUT2D eigenvalue weighted by molar-refractivity contribution is -0.126. The Balaban J connectivity index is 1.28. The van der Waals surface area contributed by atoms with E-state index in [4.69, 9.17) is 4.98 Å². The van der Waals surface area contributed by atoms with E-state index in [2.05, 4.69) is 5.32 Å². The Morgan fingerprint density at radius 3 is 2.30 bits per heavy atom. The van der Waals surface area contributed by atoms with Gasteiger partial charge in [-0.15, -0.1) is 0 Å². The molecule has 1 N–H and O–H groups in total. The zero-order valence-corrected chi connectivity index (χ0v) is 20.8.